The van der Waals surface area contributed by atoms with Crippen LogP contribution in [-0.4, -0.2) is 16.6 Å². The summed E-state index contributed by atoms with van der Waals surface area (Å²) in [6.45, 7) is 4.46. The summed E-state index contributed by atoms with van der Waals surface area (Å²) >= 11 is 12.2. The van der Waals surface area contributed by atoms with Gasteiger partial charge in [-0.1, -0.05) is 42.5 Å². The summed E-state index contributed by atoms with van der Waals surface area (Å²) in [5.41, 5.74) is 0.728. The largest absolute Gasteiger partial charge is 0.370 e. The summed E-state index contributed by atoms with van der Waals surface area (Å²) < 4.78 is 5.88. The van der Waals surface area contributed by atoms with Gasteiger partial charge < -0.3 is 4.74 Å². The third-order valence-corrected chi connectivity index (χ3v) is 4.46. The maximum Gasteiger partial charge on any atom is 0.160 e. The smallest absolute Gasteiger partial charge is 0.160 e. The van der Waals surface area contributed by atoms with Crippen LogP contribution in [0.2, 0.25) is 10.3 Å². The minimum Gasteiger partial charge on any atom is -0.370 e. The first kappa shape index (κ1) is 15.0. The minimum absolute atomic E-state index is 0.0825. The third kappa shape index (κ3) is 3.59. The topological polar surface area (TPSA) is 35.0 Å². The predicted octanol–water partition coefficient (Wildman–Crippen LogP) is 4.75. The standard InChI is InChI=1S/C14H20Cl2N2O/c1-3-19-11(10-7-5-4-6-8-10)14-17-12(15)9(2)13(16)18-14/h10-11H,3-8H2,1-2H3. The van der Waals surface area contributed by atoms with Crippen LogP contribution < -0.4 is 0 Å². The van der Waals surface area contributed by atoms with Gasteiger partial charge in [0.05, 0.1) is 0 Å². The van der Waals surface area contributed by atoms with Gasteiger partial charge in [-0.25, -0.2) is 9.97 Å². The predicted molar refractivity (Wildman–Crippen MR) is 77.7 cm³/mol. The van der Waals surface area contributed by atoms with Crippen LogP contribution in [0.3, 0.4) is 0 Å². The molecule has 1 saturated carbocycles. The van der Waals surface area contributed by atoms with E-state index >= 15 is 0 Å². The van der Waals surface area contributed by atoms with Crippen molar-refractivity contribution < 1.29 is 4.74 Å². The third-order valence-electron chi connectivity index (χ3n) is 3.72. The summed E-state index contributed by atoms with van der Waals surface area (Å²) in [6.07, 6.45) is 6.06. The molecule has 0 amide bonds. The van der Waals surface area contributed by atoms with Gasteiger partial charge in [0.25, 0.3) is 0 Å². The molecule has 0 spiro atoms. The fraction of sp³-hybridized carbons (Fsp3) is 0.714. The zero-order valence-corrected chi connectivity index (χ0v) is 13.0. The number of hydrogen-bond acceptors (Lipinski definition) is 3. The van der Waals surface area contributed by atoms with Crippen molar-refractivity contribution in [3.8, 4) is 0 Å². The average Bonchev–Trinajstić information content (AvgIpc) is 2.42. The van der Waals surface area contributed by atoms with Gasteiger partial charge in [0.15, 0.2) is 5.82 Å². The second kappa shape index (κ2) is 6.87. The monoisotopic (exact) mass is 302 g/mol. The summed E-state index contributed by atoms with van der Waals surface area (Å²) in [4.78, 5) is 8.75. The molecular formula is C14H20Cl2N2O. The Balaban J connectivity index is 2.27. The van der Waals surface area contributed by atoms with Crippen molar-refractivity contribution in [2.45, 2.75) is 52.1 Å². The van der Waals surface area contributed by atoms with Crippen molar-refractivity contribution in [3.63, 3.8) is 0 Å². The van der Waals surface area contributed by atoms with E-state index in [1.807, 2.05) is 13.8 Å². The van der Waals surface area contributed by atoms with Gasteiger partial charge in [0.1, 0.15) is 16.4 Å². The highest BCUT2D eigenvalue weighted by Crippen LogP contribution is 2.36. The SMILES string of the molecule is CCOC(c1nc(Cl)c(C)c(Cl)n1)C1CCCCC1. The Morgan fingerprint density at radius 3 is 2.26 bits per heavy atom. The quantitative estimate of drug-likeness (QED) is 0.753. The van der Waals surface area contributed by atoms with Crippen LogP contribution in [0.15, 0.2) is 0 Å². The van der Waals surface area contributed by atoms with Crippen molar-refractivity contribution in [2.75, 3.05) is 6.61 Å². The first-order valence-electron chi connectivity index (χ1n) is 6.94. The summed E-state index contributed by atoms with van der Waals surface area (Å²) in [5, 5.41) is 0.853. The molecule has 0 aliphatic heterocycles. The highest BCUT2D eigenvalue weighted by atomic mass is 35.5. The van der Waals surface area contributed by atoms with Gasteiger partial charge in [-0.3, -0.25) is 0 Å². The van der Waals surface area contributed by atoms with Gasteiger partial charge in [-0.15, -0.1) is 0 Å². The van der Waals surface area contributed by atoms with Gasteiger partial charge in [-0.2, -0.15) is 0 Å². The molecule has 0 saturated heterocycles. The summed E-state index contributed by atoms with van der Waals surface area (Å²) in [6, 6.07) is 0. The van der Waals surface area contributed by atoms with E-state index in [-0.39, 0.29) is 6.10 Å². The van der Waals surface area contributed by atoms with Crippen LogP contribution in [-0.2, 0) is 4.74 Å². The van der Waals surface area contributed by atoms with Crippen molar-refractivity contribution in [1.82, 2.24) is 9.97 Å². The number of hydrogen-bond donors (Lipinski definition) is 0. The molecule has 1 unspecified atom stereocenters. The molecule has 0 N–H and O–H groups in total. The van der Waals surface area contributed by atoms with Crippen LogP contribution in [0, 0.1) is 12.8 Å². The lowest BCUT2D eigenvalue weighted by molar-refractivity contribution is -0.000192. The zero-order valence-electron chi connectivity index (χ0n) is 11.5. The molecule has 1 aromatic rings. The number of nitrogens with zero attached hydrogens (tertiary/aromatic N) is 2. The lowest BCUT2D eigenvalue weighted by Crippen LogP contribution is -2.21. The molecule has 1 aromatic heterocycles. The molecule has 1 heterocycles. The molecule has 1 aliphatic rings. The summed E-state index contributed by atoms with van der Waals surface area (Å²) in [5.74, 6) is 1.11. The first-order valence-corrected chi connectivity index (χ1v) is 7.70. The Bertz CT molecular complexity index is 410. The highest BCUT2D eigenvalue weighted by molar-refractivity contribution is 6.34. The van der Waals surface area contributed by atoms with Crippen molar-refractivity contribution in [2.24, 2.45) is 5.92 Å². The second-order valence-electron chi connectivity index (χ2n) is 5.06. The van der Waals surface area contributed by atoms with E-state index in [0.717, 1.165) is 18.4 Å². The molecule has 1 atom stereocenters. The van der Waals surface area contributed by atoms with Crippen molar-refractivity contribution in [1.29, 1.82) is 0 Å². The van der Waals surface area contributed by atoms with E-state index in [2.05, 4.69) is 9.97 Å². The Hall–Kier alpha value is -0.380. The highest BCUT2D eigenvalue weighted by Gasteiger charge is 2.28. The molecule has 1 aliphatic carbocycles. The molecule has 2 rings (SSSR count). The summed E-state index contributed by atoms with van der Waals surface area (Å²) in [7, 11) is 0. The van der Waals surface area contributed by atoms with Crippen LogP contribution in [0.1, 0.15) is 56.5 Å². The van der Waals surface area contributed by atoms with E-state index in [1.54, 1.807) is 0 Å². The Morgan fingerprint density at radius 2 is 1.74 bits per heavy atom. The van der Waals surface area contributed by atoms with Gasteiger partial charge in [0.2, 0.25) is 0 Å². The molecule has 19 heavy (non-hydrogen) atoms. The normalized spacial score (nSPS) is 18.5. The maximum absolute atomic E-state index is 6.11. The van der Waals surface area contributed by atoms with Gasteiger partial charge in [-0.05, 0) is 32.6 Å². The van der Waals surface area contributed by atoms with E-state index in [9.17, 15) is 0 Å². The number of ether oxygens (including phenoxy) is 1. The number of rotatable bonds is 4. The fourth-order valence-corrected chi connectivity index (χ4v) is 3.04. The first-order chi connectivity index (χ1) is 9.13. The van der Waals surface area contributed by atoms with E-state index in [1.165, 1.54) is 19.3 Å². The van der Waals surface area contributed by atoms with Crippen molar-refractivity contribution in [3.05, 3.63) is 21.7 Å². The van der Waals surface area contributed by atoms with Crippen molar-refractivity contribution >= 4 is 23.2 Å². The molecule has 0 radical (unpaired) electrons. The fourth-order valence-electron chi connectivity index (χ4n) is 2.64. The van der Waals surface area contributed by atoms with Crippen LogP contribution in [0.5, 0.6) is 0 Å². The molecule has 0 bridgehead atoms. The second-order valence-corrected chi connectivity index (χ2v) is 5.78. The van der Waals surface area contributed by atoms with Crippen LogP contribution in [0.4, 0.5) is 0 Å². The Kier molecular flexibility index (Phi) is 5.43. The van der Waals surface area contributed by atoms with Crippen LogP contribution in [0.25, 0.3) is 0 Å². The molecule has 106 valence electrons. The maximum atomic E-state index is 6.11. The lowest BCUT2D eigenvalue weighted by atomic mass is 9.85. The van der Waals surface area contributed by atoms with E-state index in [4.69, 9.17) is 27.9 Å². The molecule has 5 heteroatoms. The number of aromatic nitrogens is 2. The minimum atomic E-state index is -0.0825. The van der Waals surface area contributed by atoms with Crippen LogP contribution >= 0.6 is 23.2 Å². The Morgan fingerprint density at radius 1 is 1.16 bits per heavy atom. The van der Waals surface area contributed by atoms with Gasteiger partial charge >= 0.3 is 0 Å². The number of halogens is 2. The van der Waals surface area contributed by atoms with E-state index < -0.39 is 0 Å². The molecule has 0 aromatic carbocycles. The van der Waals surface area contributed by atoms with E-state index in [0.29, 0.717) is 28.7 Å². The molecule has 3 nitrogen and oxygen atoms in total. The molecule has 1 fully saturated rings. The lowest BCUT2D eigenvalue weighted by Gasteiger charge is -2.29. The average molecular weight is 303 g/mol. The molecular weight excluding hydrogens is 283 g/mol. The zero-order chi connectivity index (χ0) is 13.8. The Labute approximate surface area is 124 Å². The van der Waals surface area contributed by atoms with Gasteiger partial charge in [0, 0.05) is 12.2 Å².